The molecule has 4 nitrogen and oxygen atoms in total. The van der Waals surface area contributed by atoms with Gasteiger partial charge in [-0.3, -0.25) is 0 Å². The number of hydrogen-bond donors (Lipinski definition) is 1. The average Bonchev–Trinajstić information content (AvgIpc) is 2.45. The molecule has 0 fully saturated rings. The molecule has 1 aliphatic heterocycles. The van der Waals surface area contributed by atoms with Gasteiger partial charge >= 0.3 is 0 Å². The van der Waals surface area contributed by atoms with Crippen molar-refractivity contribution in [3.63, 3.8) is 0 Å². The molecular weight excluding hydrogens is 284 g/mol. The monoisotopic (exact) mass is 302 g/mol. The van der Waals surface area contributed by atoms with Crippen LogP contribution in [0.3, 0.4) is 0 Å². The van der Waals surface area contributed by atoms with Crippen molar-refractivity contribution in [1.29, 1.82) is 0 Å². The maximum Gasteiger partial charge on any atom is 0.238 e. The van der Waals surface area contributed by atoms with Crippen LogP contribution in [0.15, 0.2) is 53.4 Å². The van der Waals surface area contributed by atoms with E-state index in [4.69, 9.17) is 5.14 Å². The Bertz CT molecular complexity index is 757. The van der Waals surface area contributed by atoms with Crippen molar-refractivity contribution in [2.75, 3.05) is 13.6 Å². The number of primary sulfonamides is 1. The highest BCUT2D eigenvalue weighted by molar-refractivity contribution is 7.89. The van der Waals surface area contributed by atoms with E-state index in [-0.39, 0.29) is 10.8 Å². The Labute approximate surface area is 125 Å². The number of nitrogens with zero attached hydrogens (tertiary/aromatic N) is 1. The van der Waals surface area contributed by atoms with Crippen LogP contribution >= 0.6 is 0 Å². The molecule has 0 aromatic heterocycles. The summed E-state index contributed by atoms with van der Waals surface area (Å²) >= 11 is 0. The van der Waals surface area contributed by atoms with Crippen LogP contribution in [0.4, 0.5) is 0 Å². The number of rotatable bonds is 2. The summed E-state index contributed by atoms with van der Waals surface area (Å²) in [5.74, 6) is 0.168. The summed E-state index contributed by atoms with van der Waals surface area (Å²) in [6.07, 6.45) is 0. The van der Waals surface area contributed by atoms with E-state index in [9.17, 15) is 8.42 Å². The average molecular weight is 302 g/mol. The fourth-order valence-corrected chi connectivity index (χ4v) is 3.85. The summed E-state index contributed by atoms with van der Waals surface area (Å²) in [7, 11) is -1.70. The zero-order chi connectivity index (χ0) is 15.0. The van der Waals surface area contributed by atoms with E-state index in [0.717, 1.165) is 17.7 Å². The third kappa shape index (κ3) is 2.72. The molecule has 2 N–H and O–H groups in total. The maximum atomic E-state index is 11.8. The lowest BCUT2D eigenvalue weighted by molar-refractivity contribution is 0.292. The van der Waals surface area contributed by atoms with Gasteiger partial charge in [0.2, 0.25) is 10.0 Å². The van der Waals surface area contributed by atoms with Crippen molar-refractivity contribution in [2.24, 2.45) is 5.14 Å². The minimum Gasteiger partial charge on any atom is -0.301 e. The van der Waals surface area contributed by atoms with Crippen LogP contribution in [0, 0.1) is 0 Å². The lowest BCUT2D eigenvalue weighted by Gasteiger charge is -2.33. The number of fused-ring (bicyclic) bond motifs is 1. The van der Waals surface area contributed by atoms with E-state index in [1.54, 1.807) is 12.1 Å². The Morgan fingerprint density at radius 2 is 1.81 bits per heavy atom. The molecule has 0 amide bonds. The van der Waals surface area contributed by atoms with Crippen molar-refractivity contribution in [3.8, 4) is 0 Å². The molecule has 1 aliphatic rings. The highest BCUT2D eigenvalue weighted by atomic mass is 32.2. The molecule has 0 bridgehead atoms. The van der Waals surface area contributed by atoms with Gasteiger partial charge in [-0.25, -0.2) is 13.6 Å². The normalized spacial score (nSPS) is 19.2. The minimum atomic E-state index is -3.70. The lowest BCUT2D eigenvalue weighted by atomic mass is 9.85. The van der Waals surface area contributed by atoms with Crippen LogP contribution in [-0.2, 0) is 16.6 Å². The van der Waals surface area contributed by atoms with Crippen molar-refractivity contribution < 1.29 is 8.42 Å². The molecule has 3 rings (SSSR count). The fourth-order valence-electron chi connectivity index (χ4n) is 3.06. The molecule has 110 valence electrons. The topological polar surface area (TPSA) is 63.4 Å². The molecule has 0 aliphatic carbocycles. The Hall–Kier alpha value is -1.69. The third-order valence-corrected chi connectivity index (χ3v) is 4.97. The highest BCUT2D eigenvalue weighted by Gasteiger charge is 2.28. The van der Waals surface area contributed by atoms with Gasteiger partial charge in [-0.1, -0.05) is 42.5 Å². The van der Waals surface area contributed by atoms with E-state index >= 15 is 0 Å². The quantitative estimate of drug-likeness (QED) is 0.921. The first-order chi connectivity index (χ1) is 9.97. The van der Waals surface area contributed by atoms with Crippen LogP contribution in [0.25, 0.3) is 0 Å². The summed E-state index contributed by atoms with van der Waals surface area (Å²) < 4.78 is 23.6. The second kappa shape index (κ2) is 5.26. The van der Waals surface area contributed by atoms with Crippen molar-refractivity contribution in [1.82, 2.24) is 4.90 Å². The molecule has 0 saturated carbocycles. The molecule has 5 heteroatoms. The Kier molecular flexibility index (Phi) is 3.57. The number of benzene rings is 2. The second-order valence-corrected chi connectivity index (χ2v) is 7.06. The van der Waals surface area contributed by atoms with Gasteiger partial charge in [0.25, 0.3) is 0 Å². The molecule has 1 heterocycles. The predicted molar refractivity (Wildman–Crippen MR) is 82.4 cm³/mol. The molecule has 2 aromatic carbocycles. The van der Waals surface area contributed by atoms with Crippen LogP contribution in [0.1, 0.15) is 22.6 Å². The molecule has 0 radical (unpaired) electrons. The van der Waals surface area contributed by atoms with Gasteiger partial charge in [-0.15, -0.1) is 0 Å². The molecular formula is C16H18N2O2S. The highest BCUT2D eigenvalue weighted by Crippen LogP contribution is 2.35. The first kappa shape index (κ1) is 14.3. The number of nitrogens with two attached hydrogens (primary N) is 1. The molecule has 1 atom stereocenters. The smallest absolute Gasteiger partial charge is 0.238 e. The summed E-state index contributed by atoms with van der Waals surface area (Å²) in [6, 6.07) is 15.5. The number of hydrogen-bond acceptors (Lipinski definition) is 3. The Morgan fingerprint density at radius 1 is 1.10 bits per heavy atom. The van der Waals surface area contributed by atoms with E-state index in [1.807, 2.05) is 31.3 Å². The van der Waals surface area contributed by atoms with Crippen molar-refractivity contribution >= 4 is 10.0 Å². The molecule has 0 spiro atoms. The predicted octanol–water partition coefficient (Wildman–Crippen LogP) is 1.91. The molecule has 0 saturated heterocycles. The second-order valence-electron chi connectivity index (χ2n) is 5.53. The maximum absolute atomic E-state index is 11.8. The zero-order valence-electron chi connectivity index (χ0n) is 11.9. The summed E-state index contributed by atoms with van der Waals surface area (Å²) in [6.45, 7) is 1.47. The van der Waals surface area contributed by atoms with Gasteiger partial charge in [-0.05, 0) is 29.8 Å². The summed E-state index contributed by atoms with van der Waals surface area (Å²) in [5.41, 5.74) is 3.07. The number of sulfonamides is 1. The van der Waals surface area contributed by atoms with Crippen LogP contribution in [-0.4, -0.2) is 26.9 Å². The van der Waals surface area contributed by atoms with Gasteiger partial charge in [0.1, 0.15) is 0 Å². The van der Waals surface area contributed by atoms with E-state index in [2.05, 4.69) is 17.0 Å². The molecule has 1 unspecified atom stereocenters. The lowest BCUT2D eigenvalue weighted by Crippen LogP contribution is -2.32. The molecule has 2 aromatic rings. The zero-order valence-corrected chi connectivity index (χ0v) is 12.7. The first-order valence-corrected chi connectivity index (χ1v) is 8.39. The van der Waals surface area contributed by atoms with Crippen LogP contribution < -0.4 is 5.14 Å². The van der Waals surface area contributed by atoms with Gasteiger partial charge in [0.05, 0.1) is 4.90 Å². The first-order valence-electron chi connectivity index (χ1n) is 6.85. The summed E-state index contributed by atoms with van der Waals surface area (Å²) in [4.78, 5) is 2.38. The minimum absolute atomic E-state index is 0.168. The van der Waals surface area contributed by atoms with E-state index in [1.165, 1.54) is 5.56 Å². The molecule has 21 heavy (non-hydrogen) atoms. The van der Waals surface area contributed by atoms with Gasteiger partial charge < -0.3 is 4.90 Å². The van der Waals surface area contributed by atoms with Crippen LogP contribution in [0.5, 0.6) is 0 Å². The van der Waals surface area contributed by atoms with Crippen molar-refractivity contribution in [3.05, 3.63) is 65.2 Å². The Balaban J connectivity index is 2.19. The van der Waals surface area contributed by atoms with Gasteiger partial charge in [-0.2, -0.15) is 0 Å². The number of likely N-dealkylation sites (N-methyl/N-ethyl adjacent to an activating group) is 1. The largest absolute Gasteiger partial charge is 0.301 e. The van der Waals surface area contributed by atoms with E-state index in [0.29, 0.717) is 6.54 Å². The van der Waals surface area contributed by atoms with Crippen LogP contribution in [0.2, 0.25) is 0 Å². The van der Waals surface area contributed by atoms with Crippen molar-refractivity contribution in [2.45, 2.75) is 17.4 Å². The summed E-state index contributed by atoms with van der Waals surface area (Å²) in [5, 5.41) is 5.36. The fraction of sp³-hybridized carbons (Fsp3) is 0.250. The third-order valence-electron chi connectivity index (χ3n) is 3.98. The van der Waals surface area contributed by atoms with Gasteiger partial charge in [0, 0.05) is 19.0 Å². The Morgan fingerprint density at radius 3 is 2.48 bits per heavy atom. The van der Waals surface area contributed by atoms with E-state index < -0.39 is 10.0 Å². The SMILES string of the molecule is CN1Cc2c(cccc2S(N)(=O)=O)C(c2ccccc2)C1. The van der Waals surface area contributed by atoms with Gasteiger partial charge in [0.15, 0.2) is 0 Å². The standard InChI is InChI=1S/C16H18N2O2S/c1-18-10-14(12-6-3-2-4-7-12)13-8-5-9-16(15(13)11-18)21(17,19)20/h2-9,14H,10-11H2,1H3,(H2,17,19,20).